The Hall–Kier alpha value is -1.72. The Balaban J connectivity index is 2.07. The van der Waals surface area contributed by atoms with Gasteiger partial charge in [0.1, 0.15) is 0 Å². The maximum atomic E-state index is 10.8. The first-order valence-corrected chi connectivity index (χ1v) is 7.45. The molecule has 1 atom stereocenters. The van der Waals surface area contributed by atoms with E-state index in [1.165, 1.54) is 15.8 Å². The summed E-state index contributed by atoms with van der Waals surface area (Å²) >= 11 is 1.77. The molecule has 106 valence electrons. The van der Waals surface area contributed by atoms with Gasteiger partial charge in [-0.3, -0.25) is 10.1 Å². The summed E-state index contributed by atoms with van der Waals surface area (Å²) in [6.07, 6.45) is 0.894. The molecule has 2 rings (SSSR count). The fourth-order valence-corrected chi connectivity index (χ4v) is 3.00. The summed E-state index contributed by atoms with van der Waals surface area (Å²) in [6.45, 7) is 4.96. The SMILES string of the molecule is CCC(NCc1ccc(C)s1)c1cccc([N+](=O)[O-])c1. The van der Waals surface area contributed by atoms with Crippen LogP contribution < -0.4 is 5.32 Å². The van der Waals surface area contributed by atoms with Gasteiger partial charge in [-0.2, -0.15) is 0 Å². The van der Waals surface area contributed by atoms with Crippen LogP contribution in [0.1, 0.15) is 34.7 Å². The van der Waals surface area contributed by atoms with Crippen LogP contribution in [0, 0.1) is 17.0 Å². The molecule has 0 bridgehead atoms. The molecule has 1 aromatic heterocycles. The van der Waals surface area contributed by atoms with E-state index >= 15 is 0 Å². The first-order chi connectivity index (χ1) is 9.60. The zero-order valence-corrected chi connectivity index (χ0v) is 12.4. The molecule has 1 heterocycles. The molecule has 0 amide bonds. The average Bonchev–Trinajstić information content (AvgIpc) is 2.85. The van der Waals surface area contributed by atoms with Crippen molar-refractivity contribution < 1.29 is 4.92 Å². The van der Waals surface area contributed by atoms with E-state index in [2.05, 4.69) is 31.3 Å². The van der Waals surface area contributed by atoms with Gasteiger partial charge in [0.2, 0.25) is 0 Å². The minimum Gasteiger partial charge on any atom is -0.305 e. The second-order valence-electron chi connectivity index (χ2n) is 4.71. The van der Waals surface area contributed by atoms with Crippen LogP contribution in [-0.2, 0) is 6.54 Å². The van der Waals surface area contributed by atoms with Crippen LogP contribution >= 0.6 is 11.3 Å². The van der Waals surface area contributed by atoms with Crippen LogP contribution in [0.3, 0.4) is 0 Å². The zero-order chi connectivity index (χ0) is 14.5. The molecular formula is C15H18N2O2S. The second-order valence-corrected chi connectivity index (χ2v) is 6.08. The lowest BCUT2D eigenvalue weighted by molar-refractivity contribution is -0.384. The summed E-state index contributed by atoms with van der Waals surface area (Å²) in [6, 6.07) is 11.2. The molecule has 20 heavy (non-hydrogen) atoms. The molecule has 0 aliphatic heterocycles. The minimum absolute atomic E-state index is 0.136. The van der Waals surface area contributed by atoms with Gasteiger partial charge >= 0.3 is 0 Å². The first-order valence-electron chi connectivity index (χ1n) is 6.63. The first kappa shape index (κ1) is 14.7. The number of aryl methyl sites for hydroxylation is 1. The Morgan fingerprint density at radius 3 is 2.75 bits per heavy atom. The van der Waals surface area contributed by atoms with E-state index in [-0.39, 0.29) is 16.7 Å². The van der Waals surface area contributed by atoms with Crippen molar-refractivity contribution >= 4 is 17.0 Å². The molecule has 1 N–H and O–H groups in total. The summed E-state index contributed by atoms with van der Waals surface area (Å²) in [5.74, 6) is 0. The fourth-order valence-electron chi connectivity index (χ4n) is 2.16. The zero-order valence-electron chi connectivity index (χ0n) is 11.6. The lowest BCUT2D eigenvalue weighted by Gasteiger charge is -2.16. The van der Waals surface area contributed by atoms with Crippen molar-refractivity contribution in [2.24, 2.45) is 0 Å². The number of hydrogen-bond acceptors (Lipinski definition) is 4. The number of nitro groups is 1. The molecule has 0 aliphatic carbocycles. The van der Waals surface area contributed by atoms with Gasteiger partial charge in [-0.1, -0.05) is 19.1 Å². The van der Waals surface area contributed by atoms with E-state index in [0.717, 1.165) is 18.5 Å². The average molecular weight is 290 g/mol. The summed E-state index contributed by atoms with van der Waals surface area (Å²) in [5.41, 5.74) is 1.12. The second kappa shape index (κ2) is 6.63. The monoisotopic (exact) mass is 290 g/mol. The molecule has 4 nitrogen and oxygen atoms in total. The van der Waals surface area contributed by atoms with Crippen LogP contribution in [0.4, 0.5) is 5.69 Å². The summed E-state index contributed by atoms with van der Waals surface area (Å²) < 4.78 is 0. The third-order valence-electron chi connectivity index (χ3n) is 3.21. The smallest absolute Gasteiger partial charge is 0.269 e. The molecule has 0 aliphatic rings. The largest absolute Gasteiger partial charge is 0.305 e. The van der Waals surface area contributed by atoms with Gasteiger partial charge in [-0.25, -0.2) is 0 Å². The maximum absolute atomic E-state index is 10.8. The topological polar surface area (TPSA) is 55.2 Å². The van der Waals surface area contributed by atoms with E-state index in [1.807, 2.05) is 6.07 Å². The predicted molar refractivity (Wildman–Crippen MR) is 82.0 cm³/mol. The number of nitro benzene ring substituents is 1. The van der Waals surface area contributed by atoms with Gasteiger partial charge in [0.15, 0.2) is 0 Å². The predicted octanol–water partition coefficient (Wildman–Crippen LogP) is 4.21. The third-order valence-corrected chi connectivity index (χ3v) is 4.21. The molecule has 1 unspecified atom stereocenters. The van der Waals surface area contributed by atoms with E-state index in [1.54, 1.807) is 23.5 Å². The highest BCUT2D eigenvalue weighted by atomic mass is 32.1. The molecule has 0 saturated heterocycles. The highest BCUT2D eigenvalue weighted by Crippen LogP contribution is 2.23. The summed E-state index contributed by atoms with van der Waals surface area (Å²) in [7, 11) is 0. The van der Waals surface area contributed by atoms with E-state index in [0.29, 0.717) is 0 Å². The van der Waals surface area contributed by atoms with Gasteiger partial charge in [-0.15, -0.1) is 11.3 Å². The normalized spacial score (nSPS) is 12.3. The van der Waals surface area contributed by atoms with Crippen molar-refractivity contribution in [3.05, 3.63) is 61.8 Å². The molecule has 0 saturated carbocycles. The van der Waals surface area contributed by atoms with Crippen LogP contribution in [0.15, 0.2) is 36.4 Å². The third kappa shape index (κ3) is 3.65. The Morgan fingerprint density at radius 1 is 1.35 bits per heavy atom. The molecule has 0 fully saturated rings. The van der Waals surface area contributed by atoms with Crippen LogP contribution in [0.2, 0.25) is 0 Å². The van der Waals surface area contributed by atoms with Crippen molar-refractivity contribution in [1.82, 2.24) is 5.32 Å². The highest BCUT2D eigenvalue weighted by molar-refractivity contribution is 7.11. The molecule has 1 aromatic carbocycles. The lowest BCUT2D eigenvalue weighted by Crippen LogP contribution is -2.19. The number of rotatable bonds is 6. The van der Waals surface area contributed by atoms with Crippen LogP contribution in [0.5, 0.6) is 0 Å². The van der Waals surface area contributed by atoms with Gasteiger partial charge in [0.25, 0.3) is 5.69 Å². The number of hydrogen-bond donors (Lipinski definition) is 1. The fraction of sp³-hybridized carbons (Fsp3) is 0.333. The van der Waals surface area contributed by atoms with Crippen molar-refractivity contribution in [1.29, 1.82) is 0 Å². The van der Waals surface area contributed by atoms with E-state index in [4.69, 9.17) is 0 Å². The molecule has 2 aromatic rings. The molecule has 0 spiro atoms. The Labute approximate surface area is 122 Å². The number of non-ortho nitro benzene ring substituents is 1. The van der Waals surface area contributed by atoms with E-state index < -0.39 is 0 Å². The van der Waals surface area contributed by atoms with Crippen molar-refractivity contribution in [2.75, 3.05) is 0 Å². The van der Waals surface area contributed by atoms with Crippen molar-refractivity contribution in [3.63, 3.8) is 0 Å². The maximum Gasteiger partial charge on any atom is 0.269 e. The standard InChI is InChI=1S/C15H18N2O2S/c1-3-15(16-10-14-8-7-11(2)20-14)12-5-4-6-13(9-12)17(18)19/h4-9,15-16H,3,10H2,1-2H3. The number of thiophene rings is 1. The molecule has 5 heteroatoms. The summed E-state index contributed by atoms with van der Waals surface area (Å²) in [4.78, 5) is 13.1. The Bertz CT molecular complexity index is 595. The molecule has 0 radical (unpaired) electrons. The number of nitrogens with zero attached hydrogens (tertiary/aromatic N) is 1. The van der Waals surface area contributed by atoms with Crippen LogP contribution in [0.25, 0.3) is 0 Å². The Kier molecular flexibility index (Phi) is 4.87. The van der Waals surface area contributed by atoms with E-state index in [9.17, 15) is 10.1 Å². The van der Waals surface area contributed by atoms with Crippen molar-refractivity contribution in [2.45, 2.75) is 32.9 Å². The number of nitrogens with one attached hydrogen (secondary N) is 1. The summed E-state index contributed by atoms with van der Waals surface area (Å²) in [5, 5.41) is 14.3. The van der Waals surface area contributed by atoms with Gasteiger partial charge < -0.3 is 5.32 Å². The van der Waals surface area contributed by atoms with Gasteiger partial charge in [0.05, 0.1) is 4.92 Å². The quantitative estimate of drug-likeness (QED) is 0.640. The number of benzene rings is 1. The van der Waals surface area contributed by atoms with Gasteiger partial charge in [0, 0.05) is 34.5 Å². The minimum atomic E-state index is -0.348. The van der Waals surface area contributed by atoms with Gasteiger partial charge in [-0.05, 0) is 31.0 Å². The molecular weight excluding hydrogens is 272 g/mol. The van der Waals surface area contributed by atoms with Crippen LogP contribution in [-0.4, -0.2) is 4.92 Å². The van der Waals surface area contributed by atoms with Crippen molar-refractivity contribution in [3.8, 4) is 0 Å². The Morgan fingerprint density at radius 2 is 2.15 bits per heavy atom. The lowest BCUT2D eigenvalue weighted by atomic mass is 10.0. The highest BCUT2D eigenvalue weighted by Gasteiger charge is 2.13.